The molecule has 0 fully saturated rings. The molecule has 0 heterocycles. The van der Waals surface area contributed by atoms with Crippen LogP contribution in [0.25, 0.3) is 0 Å². The molecule has 2 aromatic rings. The summed E-state index contributed by atoms with van der Waals surface area (Å²) in [6.07, 6.45) is 0. The Morgan fingerprint density at radius 2 is 1.86 bits per heavy atom. The van der Waals surface area contributed by atoms with Crippen LogP contribution < -0.4 is 19.5 Å². The van der Waals surface area contributed by atoms with Crippen molar-refractivity contribution in [3.8, 4) is 17.2 Å². The number of nitrogens with one attached hydrogen (secondary N) is 1. The minimum absolute atomic E-state index is 0.136. The van der Waals surface area contributed by atoms with Gasteiger partial charge < -0.3 is 19.5 Å². The summed E-state index contributed by atoms with van der Waals surface area (Å²) in [7, 11) is 3.09. The van der Waals surface area contributed by atoms with Gasteiger partial charge in [-0.25, -0.2) is 0 Å². The molecule has 2 rings (SSSR count). The van der Waals surface area contributed by atoms with Gasteiger partial charge in [0, 0.05) is 11.1 Å². The van der Waals surface area contributed by atoms with Crippen molar-refractivity contribution in [1.82, 2.24) is 0 Å². The molecule has 0 aliphatic heterocycles. The minimum atomic E-state index is -0.316. The Morgan fingerprint density at radius 1 is 1.09 bits per heavy atom. The number of hydrogen-bond donors (Lipinski definition) is 1. The molecule has 0 saturated carbocycles. The zero-order valence-electron chi connectivity index (χ0n) is 12.3. The van der Waals surface area contributed by atoms with Crippen LogP contribution in [0.2, 0.25) is 5.02 Å². The van der Waals surface area contributed by atoms with Crippen LogP contribution in [0.5, 0.6) is 17.2 Å². The third kappa shape index (κ3) is 4.30. The van der Waals surface area contributed by atoms with Gasteiger partial charge in [0.25, 0.3) is 5.91 Å². The molecule has 0 radical (unpaired) electrons. The van der Waals surface area contributed by atoms with Crippen molar-refractivity contribution < 1.29 is 19.0 Å². The number of hydrogen-bond acceptors (Lipinski definition) is 4. The first-order chi connectivity index (χ1) is 10.6. The van der Waals surface area contributed by atoms with Crippen molar-refractivity contribution in [2.45, 2.75) is 0 Å². The van der Waals surface area contributed by atoms with E-state index in [1.165, 1.54) is 7.11 Å². The molecule has 0 aliphatic carbocycles. The van der Waals surface area contributed by atoms with E-state index in [1.54, 1.807) is 49.6 Å². The third-order valence-corrected chi connectivity index (χ3v) is 3.08. The van der Waals surface area contributed by atoms with E-state index in [2.05, 4.69) is 5.32 Å². The lowest BCUT2D eigenvalue weighted by Gasteiger charge is -2.11. The third-order valence-electron chi connectivity index (χ3n) is 2.85. The summed E-state index contributed by atoms with van der Waals surface area (Å²) in [6, 6.07) is 12.0. The van der Waals surface area contributed by atoms with Crippen LogP contribution in [0.3, 0.4) is 0 Å². The first-order valence-electron chi connectivity index (χ1n) is 6.52. The Labute approximate surface area is 133 Å². The van der Waals surface area contributed by atoms with E-state index >= 15 is 0 Å². The maximum Gasteiger partial charge on any atom is 0.262 e. The van der Waals surface area contributed by atoms with E-state index in [9.17, 15) is 4.79 Å². The quantitative estimate of drug-likeness (QED) is 0.886. The Hall–Kier alpha value is -2.40. The van der Waals surface area contributed by atoms with E-state index in [-0.39, 0.29) is 12.5 Å². The summed E-state index contributed by atoms with van der Waals surface area (Å²) in [6.45, 7) is -0.136. The van der Waals surface area contributed by atoms with Gasteiger partial charge in [-0.05, 0) is 30.3 Å². The molecule has 2 aromatic carbocycles. The van der Waals surface area contributed by atoms with Gasteiger partial charge in [0.05, 0.1) is 19.9 Å². The first-order valence-corrected chi connectivity index (χ1v) is 6.90. The van der Waals surface area contributed by atoms with Crippen LogP contribution in [0.15, 0.2) is 42.5 Å². The van der Waals surface area contributed by atoms with E-state index < -0.39 is 0 Å². The van der Waals surface area contributed by atoms with Gasteiger partial charge in [-0.3, -0.25) is 4.79 Å². The second kappa shape index (κ2) is 7.56. The Bertz CT molecular complexity index is 660. The van der Waals surface area contributed by atoms with Crippen LogP contribution in [-0.4, -0.2) is 26.7 Å². The molecule has 6 heteroatoms. The lowest BCUT2D eigenvalue weighted by molar-refractivity contribution is -0.118. The molecule has 22 heavy (non-hydrogen) atoms. The normalized spacial score (nSPS) is 9.95. The highest BCUT2D eigenvalue weighted by atomic mass is 35.5. The van der Waals surface area contributed by atoms with Crippen molar-refractivity contribution in [3.05, 3.63) is 47.5 Å². The van der Waals surface area contributed by atoms with Crippen LogP contribution in [0.4, 0.5) is 5.69 Å². The average molecular weight is 322 g/mol. The highest BCUT2D eigenvalue weighted by Crippen LogP contribution is 2.27. The Kier molecular flexibility index (Phi) is 5.49. The van der Waals surface area contributed by atoms with Crippen molar-refractivity contribution in [3.63, 3.8) is 0 Å². The van der Waals surface area contributed by atoms with Crippen LogP contribution in [0, 0.1) is 0 Å². The SMILES string of the molecule is COc1cccc(OCC(=O)Nc2cc(Cl)ccc2OC)c1. The van der Waals surface area contributed by atoms with Gasteiger partial charge in [-0.15, -0.1) is 0 Å². The smallest absolute Gasteiger partial charge is 0.262 e. The molecule has 0 spiro atoms. The lowest BCUT2D eigenvalue weighted by Crippen LogP contribution is -2.20. The second-order valence-electron chi connectivity index (χ2n) is 4.36. The van der Waals surface area contributed by atoms with Crippen molar-refractivity contribution in [2.24, 2.45) is 0 Å². The number of anilines is 1. The standard InChI is InChI=1S/C16H16ClNO4/c1-20-12-4-3-5-13(9-12)22-10-16(19)18-14-8-11(17)6-7-15(14)21-2/h3-9H,10H2,1-2H3,(H,18,19). The van der Waals surface area contributed by atoms with Crippen molar-refractivity contribution in [1.29, 1.82) is 0 Å². The molecule has 0 unspecified atom stereocenters. The van der Waals surface area contributed by atoms with E-state index in [4.69, 9.17) is 25.8 Å². The topological polar surface area (TPSA) is 56.8 Å². The molecule has 0 bridgehead atoms. The van der Waals surface area contributed by atoms with Crippen molar-refractivity contribution >= 4 is 23.2 Å². The molecular weight excluding hydrogens is 306 g/mol. The fraction of sp³-hybridized carbons (Fsp3) is 0.188. The van der Waals surface area contributed by atoms with Crippen LogP contribution in [0.1, 0.15) is 0 Å². The van der Waals surface area contributed by atoms with Gasteiger partial charge in [0.1, 0.15) is 17.2 Å². The number of ether oxygens (including phenoxy) is 3. The number of methoxy groups -OCH3 is 2. The molecular formula is C16H16ClNO4. The number of halogens is 1. The average Bonchev–Trinajstić information content (AvgIpc) is 2.53. The molecule has 1 N–H and O–H groups in total. The molecule has 116 valence electrons. The maximum absolute atomic E-state index is 12.0. The molecule has 0 aliphatic rings. The number of benzene rings is 2. The summed E-state index contributed by atoms with van der Waals surface area (Å²) in [5.74, 6) is 1.42. The van der Waals surface area contributed by atoms with Crippen molar-refractivity contribution in [2.75, 3.05) is 26.1 Å². The highest BCUT2D eigenvalue weighted by Gasteiger charge is 2.09. The number of rotatable bonds is 6. The molecule has 1 amide bonds. The van der Waals surface area contributed by atoms with Gasteiger partial charge in [-0.1, -0.05) is 17.7 Å². The van der Waals surface area contributed by atoms with E-state index in [0.29, 0.717) is 28.0 Å². The lowest BCUT2D eigenvalue weighted by atomic mass is 10.3. The number of carbonyl (C=O) groups is 1. The summed E-state index contributed by atoms with van der Waals surface area (Å²) < 4.78 is 15.7. The zero-order chi connectivity index (χ0) is 15.9. The molecule has 0 atom stereocenters. The zero-order valence-corrected chi connectivity index (χ0v) is 13.0. The molecule has 5 nitrogen and oxygen atoms in total. The predicted molar refractivity (Wildman–Crippen MR) is 85.1 cm³/mol. The largest absolute Gasteiger partial charge is 0.497 e. The Balaban J connectivity index is 1.97. The van der Waals surface area contributed by atoms with Gasteiger partial charge in [-0.2, -0.15) is 0 Å². The van der Waals surface area contributed by atoms with Crippen LogP contribution in [-0.2, 0) is 4.79 Å². The monoisotopic (exact) mass is 321 g/mol. The van der Waals surface area contributed by atoms with E-state index in [1.807, 2.05) is 0 Å². The molecule has 0 saturated heterocycles. The van der Waals surface area contributed by atoms with Gasteiger partial charge in [0.2, 0.25) is 0 Å². The summed E-state index contributed by atoms with van der Waals surface area (Å²) in [4.78, 5) is 12.0. The number of amides is 1. The fourth-order valence-corrected chi connectivity index (χ4v) is 1.98. The minimum Gasteiger partial charge on any atom is -0.497 e. The summed E-state index contributed by atoms with van der Waals surface area (Å²) in [5.41, 5.74) is 0.495. The fourth-order valence-electron chi connectivity index (χ4n) is 1.80. The summed E-state index contributed by atoms with van der Waals surface area (Å²) >= 11 is 5.91. The Morgan fingerprint density at radius 3 is 2.59 bits per heavy atom. The number of carbonyl (C=O) groups excluding carboxylic acids is 1. The highest BCUT2D eigenvalue weighted by molar-refractivity contribution is 6.31. The second-order valence-corrected chi connectivity index (χ2v) is 4.80. The first kappa shape index (κ1) is 16.0. The van der Waals surface area contributed by atoms with Gasteiger partial charge >= 0.3 is 0 Å². The maximum atomic E-state index is 12.0. The van der Waals surface area contributed by atoms with Crippen LogP contribution >= 0.6 is 11.6 Å². The van der Waals surface area contributed by atoms with E-state index in [0.717, 1.165) is 0 Å². The van der Waals surface area contributed by atoms with Gasteiger partial charge in [0.15, 0.2) is 6.61 Å². The summed E-state index contributed by atoms with van der Waals surface area (Å²) in [5, 5.41) is 3.20. The molecule has 0 aromatic heterocycles. The predicted octanol–water partition coefficient (Wildman–Crippen LogP) is 3.37.